The van der Waals surface area contributed by atoms with E-state index in [9.17, 15) is 4.79 Å². The van der Waals surface area contributed by atoms with E-state index < -0.39 is 0 Å². The van der Waals surface area contributed by atoms with Crippen LogP contribution in [0.2, 0.25) is 0 Å². The van der Waals surface area contributed by atoms with Gasteiger partial charge in [-0.25, -0.2) is 4.98 Å². The number of amides is 1. The lowest BCUT2D eigenvalue weighted by molar-refractivity contribution is -0.133. The molecule has 4 heteroatoms. The highest BCUT2D eigenvalue weighted by atomic mass is 16.2. The van der Waals surface area contributed by atoms with Gasteiger partial charge in [-0.15, -0.1) is 0 Å². The second kappa shape index (κ2) is 4.62. The summed E-state index contributed by atoms with van der Waals surface area (Å²) >= 11 is 0. The van der Waals surface area contributed by atoms with Crippen molar-refractivity contribution in [3.8, 4) is 0 Å². The second-order valence-electron chi connectivity index (χ2n) is 5.97. The molecule has 4 rings (SSSR count). The minimum atomic E-state index is 0.348. The zero-order valence-corrected chi connectivity index (χ0v) is 11.5. The van der Waals surface area contributed by atoms with Gasteiger partial charge in [-0.3, -0.25) is 4.79 Å². The number of carbonyl (C=O) groups is 1. The zero-order chi connectivity index (χ0) is 13.5. The average molecular weight is 269 g/mol. The van der Waals surface area contributed by atoms with Crippen LogP contribution in [0.15, 0.2) is 30.6 Å². The lowest BCUT2D eigenvalue weighted by atomic mass is 10.0. The summed E-state index contributed by atoms with van der Waals surface area (Å²) in [6.45, 7) is 1.79. The van der Waals surface area contributed by atoms with E-state index in [1.54, 1.807) is 0 Å². The number of para-hydroxylation sites is 2. The number of nitrogens with zero attached hydrogens (tertiary/aromatic N) is 3. The highest BCUT2D eigenvalue weighted by molar-refractivity contribution is 5.81. The Morgan fingerprint density at radius 1 is 1.10 bits per heavy atom. The number of carbonyl (C=O) groups excluding carboxylic acids is 1. The summed E-state index contributed by atoms with van der Waals surface area (Å²) in [5.74, 6) is 0.736. The van der Waals surface area contributed by atoms with E-state index in [4.69, 9.17) is 0 Å². The predicted molar refractivity (Wildman–Crippen MR) is 77.3 cm³/mol. The van der Waals surface area contributed by atoms with Gasteiger partial charge in [-0.2, -0.15) is 0 Å². The average Bonchev–Trinajstić information content (AvgIpc) is 3.26. The van der Waals surface area contributed by atoms with Crippen LogP contribution in [0.3, 0.4) is 0 Å². The van der Waals surface area contributed by atoms with E-state index in [1.807, 2.05) is 12.4 Å². The van der Waals surface area contributed by atoms with Crippen LogP contribution in [0.1, 0.15) is 31.7 Å². The number of rotatable bonds is 2. The summed E-state index contributed by atoms with van der Waals surface area (Å²) in [6.07, 6.45) is 6.24. The number of hydrogen-bond acceptors (Lipinski definition) is 2. The van der Waals surface area contributed by atoms with Gasteiger partial charge in [0.2, 0.25) is 5.91 Å². The number of likely N-dealkylation sites (tertiary alicyclic amines) is 1. The summed E-state index contributed by atoms with van der Waals surface area (Å²) in [7, 11) is 0. The lowest BCUT2D eigenvalue weighted by Crippen LogP contribution is -2.39. The van der Waals surface area contributed by atoms with Crippen molar-refractivity contribution in [1.29, 1.82) is 0 Å². The molecule has 1 aliphatic heterocycles. The molecule has 0 bridgehead atoms. The second-order valence-corrected chi connectivity index (χ2v) is 5.97. The fourth-order valence-electron chi connectivity index (χ4n) is 3.22. The normalized spacial score (nSPS) is 20.5. The maximum Gasteiger partial charge on any atom is 0.225 e. The van der Waals surface area contributed by atoms with Gasteiger partial charge in [0.25, 0.3) is 0 Å². The van der Waals surface area contributed by atoms with Crippen molar-refractivity contribution in [2.45, 2.75) is 31.7 Å². The highest BCUT2D eigenvalue weighted by Gasteiger charge is 2.35. The molecule has 0 spiro atoms. The van der Waals surface area contributed by atoms with Crippen LogP contribution < -0.4 is 0 Å². The number of hydrogen-bond donors (Lipinski definition) is 0. The van der Waals surface area contributed by atoms with E-state index in [1.165, 1.54) is 5.52 Å². The number of fused-ring (bicyclic) bond motifs is 1. The predicted octanol–water partition coefficient (Wildman–Crippen LogP) is 2.61. The molecule has 104 valence electrons. The molecule has 4 nitrogen and oxygen atoms in total. The van der Waals surface area contributed by atoms with E-state index in [2.05, 4.69) is 32.7 Å². The molecule has 0 atom stereocenters. The van der Waals surface area contributed by atoms with Crippen LogP contribution in [0, 0.1) is 5.92 Å². The first-order valence-electron chi connectivity index (χ1n) is 7.53. The molecule has 1 aliphatic carbocycles. The summed E-state index contributed by atoms with van der Waals surface area (Å²) in [5.41, 5.74) is 2.27. The Kier molecular flexibility index (Phi) is 2.76. The number of benzene rings is 1. The third-order valence-corrected chi connectivity index (χ3v) is 4.58. The van der Waals surface area contributed by atoms with E-state index in [0.29, 0.717) is 17.9 Å². The van der Waals surface area contributed by atoms with Crippen molar-refractivity contribution in [1.82, 2.24) is 14.5 Å². The van der Waals surface area contributed by atoms with Gasteiger partial charge in [0, 0.05) is 25.0 Å². The summed E-state index contributed by atoms with van der Waals surface area (Å²) in [6, 6.07) is 8.75. The van der Waals surface area contributed by atoms with Crippen molar-refractivity contribution in [3.05, 3.63) is 30.6 Å². The van der Waals surface area contributed by atoms with Gasteiger partial charge < -0.3 is 9.47 Å². The minimum Gasteiger partial charge on any atom is -0.342 e. The quantitative estimate of drug-likeness (QED) is 0.840. The van der Waals surface area contributed by atoms with Gasteiger partial charge in [-0.1, -0.05) is 12.1 Å². The fourth-order valence-corrected chi connectivity index (χ4v) is 3.22. The first-order valence-corrected chi connectivity index (χ1v) is 7.53. The molecule has 1 amide bonds. The first-order chi connectivity index (χ1) is 9.83. The molecule has 1 saturated carbocycles. The van der Waals surface area contributed by atoms with Gasteiger partial charge in [0.15, 0.2) is 0 Å². The van der Waals surface area contributed by atoms with Crippen LogP contribution in [0.4, 0.5) is 0 Å². The Morgan fingerprint density at radius 3 is 2.60 bits per heavy atom. The van der Waals surface area contributed by atoms with Gasteiger partial charge in [0.1, 0.15) is 0 Å². The molecule has 0 radical (unpaired) electrons. The Balaban J connectivity index is 1.50. The first kappa shape index (κ1) is 11.9. The van der Waals surface area contributed by atoms with Crippen LogP contribution in [-0.4, -0.2) is 33.4 Å². The van der Waals surface area contributed by atoms with E-state index >= 15 is 0 Å². The molecule has 0 unspecified atom stereocenters. The van der Waals surface area contributed by atoms with Crippen molar-refractivity contribution >= 4 is 16.9 Å². The van der Waals surface area contributed by atoms with Gasteiger partial charge in [-0.05, 0) is 37.8 Å². The van der Waals surface area contributed by atoms with E-state index in [0.717, 1.165) is 44.3 Å². The molecule has 1 aromatic carbocycles. The molecule has 0 N–H and O–H groups in total. The largest absolute Gasteiger partial charge is 0.342 e. The van der Waals surface area contributed by atoms with Crippen molar-refractivity contribution in [2.75, 3.05) is 13.1 Å². The van der Waals surface area contributed by atoms with Crippen molar-refractivity contribution in [2.24, 2.45) is 5.92 Å². The Hall–Kier alpha value is -1.84. The highest BCUT2D eigenvalue weighted by Crippen LogP contribution is 2.33. The van der Waals surface area contributed by atoms with Crippen LogP contribution in [0.5, 0.6) is 0 Å². The standard InChI is InChI=1S/C16H19N3O/c20-16(12-5-6-12)18-9-7-13(8-10-18)19-11-17-14-3-1-2-4-15(14)19/h1-4,11-13H,5-10H2. The monoisotopic (exact) mass is 269 g/mol. The maximum atomic E-state index is 12.1. The van der Waals surface area contributed by atoms with Crippen molar-refractivity contribution < 1.29 is 4.79 Å². The molecule has 20 heavy (non-hydrogen) atoms. The number of imidazole rings is 1. The van der Waals surface area contributed by atoms with Crippen LogP contribution in [-0.2, 0) is 4.79 Å². The SMILES string of the molecule is O=C(C1CC1)N1CCC(n2cnc3ccccc32)CC1. The zero-order valence-electron chi connectivity index (χ0n) is 11.5. The van der Waals surface area contributed by atoms with Crippen molar-refractivity contribution in [3.63, 3.8) is 0 Å². The molecule has 1 saturated heterocycles. The molecular formula is C16H19N3O. The van der Waals surface area contributed by atoms with Crippen LogP contribution in [0.25, 0.3) is 11.0 Å². The molecule has 2 fully saturated rings. The molecule has 2 heterocycles. The number of piperidine rings is 1. The molecule has 2 aromatic rings. The minimum absolute atomic E-state index is 0.348. The summed E-state index contributed by atoms with van der Waals surface area (Å²) in [4.78, 5) is 18.6. The third-order valence-electron chi connectivity index (χ3n) is 4.58. The van der Waals surface area contributed by atoms with E-state index in [-0.39, 0.29) is 0 Å². The summed E-state index contributed by atoms with van der Waals surface area (Å²) in [5, 5.41) is 0. The molecule has 1 aromatic heterocycles. The third kappa shape index (κ3) is 1.99. The summed E-state index contributed by atoms with van der Waals surface area (Å²) < 4.78 is 2.29. The maximum absolute atomic E-state index is 12.1. The van der Waals surface area contributed by atoms with Gasteiger partial charge in [0.05, 0.1) is 17.4 Å². The molecular weight excluding hydrogens is 250 g/mol. The van der Waals surface area contributed by atoms with Crippen LogP contribution >= 0.6 is 0 Å². The van der Waals surface area contributed by atoms with Gasteiger partial charge >= 0.3 is 0 Å². The number of aromatic nitrogens is 2. The Bertz CT molecular complexity index is 636. The lowest BCUT2D eigenvalue weighted by Gasteiger charge is -2.33. The smallest absolute Gasteiger partial charge is 0.225 e. The Morgan fingerprint density at radius 2 is 1.85 bits per heavy atom. The molecule has 2 aliphatic rings. The fraction of sp³-hybridized carbons (Fsp3) is 0.500. The Labute approximate surface area is 118 Å². The topological polar surface area (TPSA) is 38.1 Å².